The topological polar surface area (TPSA) is 92.9 Å². The molecule has 2 aromatic heterocycles. The minimum atomic E-state index is -0.491. The number of aryl methyl sites for hydroxylation is 2. The van der Waals surface area contributed by atoms with E-state index in [9.17, 15) is 14.7 Å². The Hall–Kier alpha value is -2.32. The van der Waals surface area contributed by atoms with Gasteiger partial charge in [-0.25, -0.2) is 9.78 Å². The highest BCUT2D eigenvalue weighted by Crippen LogP contribution is 2.22. The normalized spacial score (nSPS) is 12.6. The molecule has 0 saturated heterocycles. The molecule has 2 heterocycles. The number of thioether (sulfide) groups is 1. The number of rotatable bonds is 6. The average molecular weight is 360 g/mol. The van der Waals surface area contributed by atoms with Gasteiger partial charge in [0.15, 0.2) is 16.3 Å². The number of nitrogens with zero attached hydrogens (tertiary/aromatic N) is 3. The number of aliphatic hydroxyl groups is 1. The van der Waals surface area contributed by atoms with Gasteiger partial charge in [-0.05, 0) is 18.9 Å². The fourth-order valence-electron chi connectivity index (χ4n) is 2.57. The summed E-state index contributed by atoms with van der Waals surface area (Å²) in [6.07, 6.45) is 0.242. The Morgan fingerprint density at radius 2 is 2.00 bits per heavy atom. The zero-order valence-corrected chi connectivity index (χ0v) is 14.9. The van der Waals surface area contributed by atoms with Crippen molar-refractivity contribution in [3.63, 3.8) is 0 Å². The smallest absolute Gasteiger partial charge is 0.329 e. The van der Waals surface area contributed by atoms with Crippen LogP contribution < -0.4 is 11.2 Å². The third-order valence-electron chi connectivity index (χ3n) is 3.89. The number of fused-ring (bicyclic) bond motifs is 1. The molecule has 8 heteroatoms. The van der Waals surface area contributed by atoms with Crippen molar-refractivity contribution >= 4 is 22.9 Å². The highest BCUT2D eigenvalue weighted by molar-refractivity contribution is 7.99. The quantitative estimate of drug-likeness (QED) is 0.643. The van der Waals surface area contributed by atoms with Crippen molar-refractivity contribution in [2.75, 3.05) is 5.75 Å². The molecule has 0 aliphatic heterocycles. The molecule has 1 unspecified atom stereocenters. The van der Waals surface area contributed by atoms with Crippen molar-refractivity contribution in [2.24, 2.45) is 7.05 Å². The van der Waals surface area contributed by atoms with Crippen LogP contribution in [0.4, 0.5) is 0 Å². The van der Waals surface area contributed by atoms with E-state index >= 15 is 0 Å². The third-order valence-corrected chi connectivity index (χ3v) is 5.11. The summed E-state index contributed by atoms with van der Waals surface area (Å²) in [5.74, 6) is 0.458. The molecule has 0 spiro atoms. The van der Waals surface area contributed by atoms with E-state index in [4.69, 9.17) is 0 Å². The van der Waals surface area contributed by atoms with Crippen LogP contribution in [0.15, 0.2) is 45.1 Å². The zero-order valence-electron chi connectivity index (χ0n) is 14.1. The number of aromatic nitrogens is 4. The highest BCUT2D eigenvalue weighted by Gasteiger charge is 2.17. The predicted octanol–water partition coefficient (Wildman–Crippen LogP) is 1.14. The largest absolute Gasteiger partial charge is 0.393 e. The fourth-order valence-corrected chi connectivity index (χ4v) is 3.46. The highest BCUT2D eigenvalue weighted by atomic mass is 32.2. The molecule has 0 radical (unpaired) electrons. The van der Waals surface area contributed by atoms with E-state index in [-0.39, 0.29) is 11.2 Å². The number of benzene rings is 1. The van der Waals surface area contributed by atoms with Crippen molar-refractivity contribution in [1.29, 1.82) is 0 Å². The van der Waals surface area contributed by atoms with Crippen LogP contribution in [0.25, 0.3) is 11.2 Å². The van der Waals surface area contributed by atoms with Crippen LogP contribution in [0.5, 0.6) is 0 Å². The summed E-state index contributed by atoms with van der Waals surface area (Å²) in [6, 6.07) is 9.96. The number of aromatic amines is 1. The van der Waals surface area contributed by atoms with Crippen molar-refractivity contribution < 1.29 is 5.11 Å². The maximum atomic E-state index is 12.6. The Morgan fingerprint density at radius 1 is 1.28 bits per heavy atom. The summed E-state index contributed by atoms with van der Waals surface area (Å²) in [4.78, 5) is 31.4. The van der Waals surface area contributed by atoms with Crippen molar-refractivity contribution in [3.05, 3.63) is 56.7 Å². The number of aliphatic hydroxyl groups excluding tert-OH is 1. The first-order valence-corrected chi connectivity index (χ1v) is 9.00. The first-order valence-electron chi connectivity index (χ1n) is 8.01. The first-order chi connectivity index (χ1) is 12.0. The maximum absolute atomic E-state index is 12.6. The Labute approximate surface area is 148 Å². The standard InChI is InChI=1S/C17H20N4O3S/c1-11(22)10-25-17-19-14-13(15(23)20(2)16(24)18-14)21(17)9-8-12-6-4-3-5-7-12/h3-7,11,22H,8-10H2,1-2H3,(H,18,24). The van der Waals surface area contributed by atoms with Gasteiger partial charge in [-0.3, -0.25) is 14.3 Å². The van der Waals surface area contributed by atoms with E-state index in [1.807, 2.05) is 34.9 Å². The monoisotopic (exact) mass is 360 g/mol. The van der Waals surface area contributed by atoms with Crippen LogP contribution in [0, 0.1) is 0 Å². The lowest BCUT2D eigenvalue weighted by atomic mass is 10.1. The molecule has 0 aliphatic carbocycles. The molecule has 25 heavy (non-hydrogen) atoms. The molecule has 7 nitrogen and oxygen atoms in total. The van der Waals surface area contributed by atoms with Crippen LogP contribution in [-0.4, -0.2) is 36.1 Å². The Morgan fingerprint density at radius 3 is 2.68 bits per heavy atom. The van der Waals surface area contributed by atoms with E-state index in [0.717, 1.165) is 16.6 Å². The van der Waals surface area contributed by atoms with Gasteiger partial charge >= 0.3 is 5.69 Å². The van der Waals surface area contributed by atoms with Gasteiger partial charge < -0.3 is 9.67 Å². The molecule has 0 amide bonds. The van der Waals surface area contributed by atoms with Crippen molar-refractivity contribution in [3.8, 4) is 0 Å². The summed E-state index contributed by atoms with van der Waals surface area (Å²) in [5, 5.41) is 10.2. The van der Waals surface area contributed by atoms with Gasteiger partial charge in [0.1, 0.15) is 0 Å². The second kappa shape index (κ2) is 7.28. The molecule has 3 aromatic rings. The molecule has 132 valence electrons. The molecule has 0 aliphatic rings. The van der Waals surface area contributed by atoms with Crippen LogP contribution in [0.1, 0.15) is 12.5 Å². The molecule has 1 atom stereocenters. The lowest BCUT2D eigenvalue weighted by Gasteiger charge is -2.09. The molecular weight excluding hydrogens is 340 g/mol. The lowest BCUT2D eigenvalue weighted by Crippen LogP contribution is -2.33. The lowest BCUT2D eigenvalue weighted by molar-refractivity contribution is 0.220. The van der Waals surface area contributed by atoms with Gasteiger partial charge in [0.05, 0.1) is 6.10 Å². The Balaban J connectivity index is 2.05. The summed E-state index contributed by atoms with van der Waals surface area (Å²) in [5.41, 5.74) is 0.956. The van der Waals surface area contributed by atoms with E-state index in [1.165, 1.54) is 18.8 Å². The van der Waals surface area contributed by atoms with Gasteiger partial charge in [0, 0.05) is 19.3 Å². The average Bonchev–Trinajstić information content (AvgIpc) is 2.94. The summed E-state index contributed by atoms with van der Waals surface area (Å²) < 4.78 is 2.87. The molecule has 2 N–H and O–H groups in total. The van der Waals surface area contributed by atoms with E-state index in [2.05, 4.69) is 9.97 Å². The molecule has 3 rings (SSSR count). The van der Waals surface area contributed by atoms with Crippen LogP contribution in [-0.2, 0) is 20.0 Å². The van der Waals surface area contributed by atoms with E-state index in [1.54, 1.807) is 6.92 Å². The molecule has 0 saturated carbocycles. The second-order valence-corrected chi connectivity index (χ2v) is 6.92. The second-order valence-electron chi connectivity index (χ2n) is 5.93. The minimum Gasteiger partial charge on any atom is -0.393 e. The Bertz CT molecular complexity index is 989. The summed E-state index contributed by atoms with van der Waals surface area (Å²) in [7, 11) is 1.44. The van der Waals surface area contributed by atoms with Crippen molar-refractivity contribution in [2.45, 2.75) is 31.1 Å². The zero-order chi connectivity index (χ0) is 18.0. The van der Waals surface area contributed by atoms with Crippen LogP contribution >= 0.6 is 11.8 Å². The van der Waals surface area contributed by atoms with Gasteiger partial charge in [-0.2, -0.15) is 0 Å². The summed E-state index contributed by atoms with van der Waals surface area (Å²) in [6.45, 7) is 2.26. The van der Waals surface area contributed by atoms with Crippen LogP contribution in [0.3, 0.4) is 0 Å². The number of hydrogen-bond donors (Lipinski definition) is 2. The predicted molar refractivity (Wildman–Crippen MR) is 98.1 cm³/mol. The SMILES string of the molecule is CC(O)CSc1nc2[nH]c(=O)n(C)c(=O)c2n1CCc1ccccc1. The number of hydrogen-bond acceptors (Lipinski definition) is 5. The van der Waals surface area contributed by atoms with Crippen molar-refractivity contribution in [1.82, 2.24) is 19.1 Å². The minimum absolute atomic E-state index is 0.286. The molecule has 0 bridgehead atoms. The maximum Gasteiger partial charge on any atom is 0.329 e. The van der Waals surface area contributed by atoms with E-state index in [0.29, 0.717) is 23.0 Å². The number of nitrogens with one attached hydrogen (secondary N) is 1. The fraction of sp³-hybridized carbons (Fsp3) is 0.353. The molecule has 0 fully saturated rings. The van der Waals surface area contributed by atoms with Gasteiger partial charge in [0.2, 0.25) is 0 Å². The summed E-state index contributed by atoms with van der Waals surface area (Å²) >= 11 is 1.37. The van der Waals surface area contributed by atoms with E-state index < -0.39 is 11.8 Å². The molecular formula is C17H20N4O3S. The Kier molecular flexibility index (Phi) is 5.10. The number of H-pyrrole nitrogens is 1. The number of imidazole rings is 1. The molecule has 1 aromatic carbocycles. The third kappa shape index (κ3) is 3.69. The van der Waals surface area contributed by atoms with Gasteiger partial charge in [-0.1, -0.05) is 42.1 Å². The van der Waals surface area contributed by atoms with Gasteiger partial charge in [-0.15, -0.1) is 0 Å². The van der Waals surface area contributed by atoms with Gasteiger partial charge in [0.25, 0.3) is 5.56 Å². The first kappa shape index (κ1) is 17.5. The van der Waals surface area contributed by atoms with Crippen LogP contribution in [0.2, 0.25) is 0 Å².